The zero-order valence-corrected chi connectivity index (χ0v) is 16.3. The number of hydrogen-bond acceptors (Lipinski definition) is 7. The van der Waals surface area contributed by atoms with Gasteiger partial charge in [0.2, 0.25) is 0 Å². The highest BCUT2D eigenvalue weighted by Crippen LogP contribution is 2.34. The van der Waals surface area contributed by atoms with Crippen molar-refractivity contribution in [1.82, 2.24) is 14.7 Å². The molecule has 10 heteroatoms. The molecule has 2 aliphatic rings. The van der Waals surface area contributed by atoms with E-state index in [1.807, 2.05) is 30.3 Å². The molecule has 30 heavy (non-hydrogen) atoms. The lowest BCUT2D eigenvalue weighted by Crippen LogP contribution is -2.64. The molecule has 1 unspecified atom stereocenters. The van der Waals surface area contributed by atoms with Crippen molar-refractivity contribution >= 4 is 23.5 Å². The predicted octanol–water partition coefficient (Wildman–Crippen LogP) is 1.58. The van der Waals surface area contributed by atoms with Crippen molar-refractivity contribution in [3.63, 3.8) is 0 Å². The monoisotopic (exact) mass is 410 g/mol. The van der Waals surface area contributed by atoms with Gasteiger partial charge < -0.3 is 25.4 Å². The van der Waals surface area contributed by atoms with Crippen LogP contribution in [0.1, 0.15) is 23.2 Å². The molecule has 10 nitrogen and oxygen atoms in total. The zero-order chi connectivity index (χ0) is 21.1. The molecular formula is C20H22N6O4. The molecule has 2 aliphatic heterocycles. The highest BCUT2D eigenvalue weighted by Gasteiger charge is 2.49. The second-order valence-electron chi connectivity index (χ2n) is 7.48. The number of aromatic nitrogens is 2. The van der Waals surface area contributed by atoms with Crippen LogP contribution < -0.4 is 11.1 Å². The summed E-state index contributed by atoms with van der Waals surface area (Å²) in [6, 6.07) is 11.4. The van der Waals surface area contributed by atoms with Gasteiger partial charge in [0.15, 0.2) is 5.82 Å². The number of likely N-dealkylation sites (tertiary alicyclic amines) is 1. The van der Waals surface area contributed by atoms with E-state index in [1.165, 1.54) is 11.1 Å². The van der Waals surface area contributed by atoms with Gasteiger partial charge in [-0.2, -0.15) is 10.4 Å². The van der Waals surface area contributed by atoms with E-state index in [1.54, 1.807) is 4.68 Å². The number of hydrogen-bond donors (Lipinski definition) is 2. The molecule has 0 saturated carbocycles. The van der Waals surface area contributed by atoms with Gasteiger partial charge in [-0.25, -0.2) is 4.79 Å². The molecular weight excluding hydrogens is 388 g/mol. The van der Waals surface area contributed by atoms with Crippen LogP contribution in [0.25, 0.3) is 0 Å². The summed E-state index contributed by atoms with van der Waals surface area (Å²) in [5.74, 6) is -0.334. The number of carbonyl (C=O) groups is 2. The van der Waals surface area contributed by atoms with Crippen LogP contribution in [0, 0.1) is 11.3 Å². The lowest BCUT2D eigenvalue weighted by atomic mass is 9.87. The minimum absolute atomic E-state index is 0.119. The quantitative estimate of drug-likeness (QED) is 0.738. The fourth-order valence-corrected chi connectivity index (χ4v) is 3.65. The number of rotatable bonds is 6. The molecule has 3 heterocycles. The fourth-order valence-electron chi connectivity index (χ4n) is 3.65. The van der Waals surface area contributed by atoms with E-state index in [0.29, 0.717) is 25.5 Å². The molecule has 0 aliphatic carbocycles. The highest BCUT2D eigenvalue weighted by atomic mass is 16.6. The molecule has 1 atom stereocenters. The Bertz CT molecular complexity index is 971. The summed E-state index contributed by atoms with van der Waals surface area (Å²) in [5.41, 5.74) is 5.74. The summed E-state index contributed by atoms with van der Waals surface area (Å²) >= 11 is 0. The Hall–Kier alpha value is -3.58. The molecule has 3 N–H and O–H groups in total. The molecule has 1 aromatic carbocycles. The van der Waals surface area contributed by atoms with Crippen LogP contribution in [0.4, 0.5) is 16.3 Å². The first-order valence-corrected chi connectivity index (χ1v) is 9.63. The van der Waals surface area contributed by atoms with Crippen LogP contribution in [0.15, 0.2) is 36.5 Å². The number of benzene rings is 1. The number of primary amides is 1. The van der Waals surface area contributed by atoms with Crippen molar-refractivity contribution in [2.45, 2.75) is 24.5 Å². The van der Waals surface area contributed by atoms with E-state index in [0.717, 1.165) is 5.69 Å². The van der Waals surface area contributed by atoms with Crippen LogP contribution in [0.3, 0.4) is 0 Å². The molecule has 156 valence electrons. The molecule has 2 amide bonds. The van der Waals surface area contributed by atoms with Crippen molar-refractivity contribution in [3.8, 4) is 6.07 Å². The highest BCUT2D eigenvalue weighted by molar-refractivity contribution is 5.98. The number of carbonyl (C=O) groups excluding carboxylic acids is 2. The Balaban J connectivity index is 1.53. The summed E-state index contributed by atoms with van der Waals surface area (Å²) in [6.45, 7) is 1.48. The second kappa shape index (κ2) is 8.04. The lowest BCUT2D eigenvalue weighted by Gasteiger charge is -2.48. The largest absolute Gasteiger partial charge is 0.444 e. The van der Waals surface area contributed by atoms with Gasteiger partial charge >= 0.3 is 6.09 Å². The predicted molar refractivity (Wildman–Crippen MR) is 106 cm³/mol. The van der Waals surface area contributed by atoms with Gasteiger partial charge in [0.05, 0.1) is 38.8 Å². The third-order valence-corrected chi connectivity index (χ3v) is 5.29. The number of nitrogens with one attached hydrogen (secondary N) is 1. The summed E-state index contributed by atoms with van der Waals surface area (Å²) in [5, 5.41) is 16.9. The molecule has 2 aromatic rings. The number of nitrogens with zero attached hydrogens (tertiary/aromatic N) is 4. The van der Waals surface area contributed by atoms with Crippen molar-refractivity contribution in [2.24, 2.45) is 5.73 Å². The standard InChI is InChI=1S/C20H22N6O4/c21-8-7-20(12-25(13-20)19(28)30-15-6-9-29-11-15)26-10-16(17(22)27)18(24-26)23-14-4-2-1-3-5-14/h1-5,10,15H,6-7,9,11-13H2,(H2,22,27)(H,23,24). The van der Waals surface area contributed by atoms with Crippen LogP contribution in [0.5, 0.6) is 0 Å². The SMILES string of the molecule is N#CCC1(n2cc(C(N)=O)c(Nc3ccccc3)n2)CN(C(=O)OC2CCOC2)C1. The molecule has 0 radical (unpaired) electrons. The van der Waals surface area contributed by atoms with Crippen LogP contribution in [-0.2, 0) is 15.0 Å². The lowest BCUT2D eigenvalue weighted by molar-refractivity contribution is -0.0155. The van der Waals surface area contributed by atoms with Crippen LogP contribution in [0.2, 0.25) is 0 Å². The van der Waals surface area contributed by atoms with Gasteiger partial charge in [0.1, 0.15) is 17.2 Å². The van der Waals surface area contributed by atoms with Gasteiger partial charge in [0, 0.05) is 18.3 Å². The van der Waals surface area contributed by atoms with Gasteiger partial charge in [0.25, 0.3) is 5.91 Å². The van der Waals surface area contributed by atoms with E-state index in [4.69, 9.17) is 15.2 Å². The third kappa shape index (κ3) is 3.79. The Morgan fingerprint density at radius 2 is 2.13 bits per heavy atom. The average Bonchev–Trinajstić information content (AvgIpc) is 3.35. The maximum Gasteiger partial charge on any atom is 0.410 e. The molecule has 2 fully saturated rings. The minimum atomic E-state index is -0.749. The van der Waals surface area contributed by atoms with Gasteiger partial charge in [-0.1, -0.05) is 18.2 Å². The van der Waals surface area contributed by atoms with E-state index < -0.39 is 17.5 Å². The van der Waals surface area contributed by atoms with Crippen molar-refractivity contribution < 1.29 is 19.1 Å². The van der Waals surface area contributed by atoms with Gasteiger partial charge in [-0.15, -0.1) is 0 Å². The topological polar surface area (TPSA) is 136 Å². The summed E-state index contributed by atoms with van der Waals surface area (Å²) in [4.78, 5) is 25.8. The first kappa shape index (κ1) is 19.7. The first-order valence-electron chi connectivity index (χ1n) is 9.63. The fraction of sp³-hybridized carbons (Fsp3) is 0.400. The number of nitrogens with two attached hydrogens (primary N) is 1. The Kier molecular flexibility index (Phi) is 5.29. The van der Waals surface area contributed by atoms with E-state index in [-0.39, 0.29) is 31.2 Å². The molecule has 0 bridgehead atoms. The van der Waals surface area contributed by atoms with Crippen LogP contribution in [-0.4, -0.2) is 59.1 Å². The van der Waals surface area contributed by atoms with Crippen molar-refractivity contribution in [1.29, 1.82) is 5.26 Å². The van der Waals surface area contributed by atoms with E-state index in [2.05, 4.69) is 16.5 Å². The normalized spacial score (nSPS) is 19.6. The minimum Gasteiger partial charge on any atom is -0.444 e. The maximum absolute atomic E-state index is 12.4. The van der Waals surface area contributed by atoms with E-state index >= 15 is 0 Å². The number of amides is 2. The summed E-state index contributed by atoms with van der Waals surface area (Å²) in [7, 11) is 0. The third-order valence-electron chi connectivity index (χ3n) is 5.29. The van der Waals surface area contributed by atoms with Crippen molar-refractivity contribution in [2.75, 3.05) is 31.6 Å². The number of para-hydroxylation sites is 1. The number of nitriles is 1. The maximum atomic E-state index is 12.4. The van der Waals surface area contributed by atoms with Crippen molar-refractivity contribution in [3.05, 3.63) is 42.1 Å². The Morgan fingerprint density at radius 1 is 1.37 bits per heavy atom. The Morgan fingerprint density at radius 3 is 2.77 bits per heavy atom. The zero-order valence-electron chi connectivity index (χ0n) is 16.3. The smallest absolute Gasteiger partial charge is 0.410 e. The number of anilines is 2. The Labute approximate surface area is 173 Å². The molecule has 2 saturated heterocycles. The van der Waals surface area contributed by atoms with Gasteiger partial charge in [-0.05, 0) is 12.1 Å². The van der Waals surface area contributed by atoms with E-state index in [9.17, 15) is 14.9 Å². The van der Waals surface area contributed by atoms with Gasteiger partial charge in [-0.3, -0.25) is 9.48 Å². The average molecular weight is 410 g/mol. The summed E-state index contributed by atoms with van der Waals surface area (Å²) < 4.78 is 12.2. The molecule has 1 aromatic heterocycles. The molecule has 4 rings (SSSR count). The number of ether oxygens (including phenoxy) is 2. The first-order chi connectivity index (χ1) is 14.5. The molecule has 0 spiro atoms. The second-order valence-corrected chi connectivity index (χ2v) is 7.48. The van der Waals surface area contributed by atoms with Crippen LogP contribution >= 0.6 is 0 Å². The summed E-state index contributed by atoms with van der Waals surface area (Å²) in [6.07, 6.45) is 1.64.